The summed E-state index contributed by atoms with van der Waals surface area (Å²) in [6.07, 6.45) is 4.79. The van der Waals surface area contributed by atoms with Crippen LogP contribution in [0.15, 0.2) is 34.4 Å². The molecule has 3 heterocycles. The van der Waals surface area contributed by atoms with Crippen molar-refractivity contribution in [3.05, 3.63) is 40.9 Å². The number of carbonyl (C=O) groups is 1. The fourth-order valence-electron chi connectivity index (χ4n) is 1.88. The number of rotatable bonds is 4. The molecule has 0 bridgehead atoms. The second-order valence-electron chi connectivity index (χ2n) is 4.14. The van der Waals surface area contributed by atoms with Gasteiger partial charge in [-0.3, -0.25) is 0 Å². The number of carboxylic acids is 1. The zero-order chi connectivity index (χ0) is 14.1. The average Bonchev–Trinajstić information content (AvgIpc) is 3.05. The molecule has 0 unspecified atom stereocenters. The Labute approximate surface area is 122 Å². The van der Waals surface area contributed by atoms with Crippen LogP contribution in [0, 0.1) is 6.92 Å². The van der Waals surface area contributed by atoms with Crippen molar-refractivity contribution in [1.29, 1.82) is 0 Å². The van der Waals surface area contributed by atoms with Gasteiger partial charge in [0.1, 0.15) is 21.1 Å². The van der Waals surface area contributed by atoms with Crippen LogP contribution in [0.5, 0.6) is 0 Å². The molecule has 0 fully saturated rings. The molecule has 0 saturated heterocycles. The van der Waals surface area contributed by atoms with Crippen LogP contribution in [0.2, 0.25) is 0 Å². The zero-order valence-electron chi connectivity index (χ0n) is 10.5. The molecule has 3 rings (SSSR count). The summed E-state index contributed by atoms with van der Waals surface area (Å²) in [6.45, 7) is 1.80. The smallest absolute Gasteiger partial charge is 0.346 e. The molecule has 7 heteroatoms. The summed E-state index contributed by atoms with van der Waals surface area (Å²) in [7, 11) is 0. The monoisotopic (exact) mass is 306 g/mol. The van der Waals surface area contributed by atoms with Gasteiger partial charge < -0.3 is 9.52 Å². The highest BCUT2D eigenvalue weighted by atomic mass is 32.2. The van der Waals surface area contributed by atoms with E-state index in [4.69, 9.17) is 4.42 Å². The highest BCUT2D eigenvalue weighted by Gasteiger charge is 2.18. The molecule has 0 aliphatic rings. The Morgan fingerprint density at radius 1 is 1.50 bits per heavy atom. The Kier molecular flexibility index (Phi) is 3.45. The lowest BCUT2D eigenvalue weighted by molar-refractivity contribution is 0.0701. The van der Waals surface area contributed by atoms with Crippen molar-refractivity contribution in [3.8, 4) is 0 Å². The molecule has 0 saturated carbocycles. The Balaban J connectivity index is 2.00. The van der Waals surface area contributed by atoms with Gasteiger partial charge in [0.2, 0.25) is 0 Å². The van der Waals surface area contributed by atoms with Gasteiger partial charge in [0, 0.05) is 16.7 Å². The third-order valence-corrected chi connectivity index (χ3v) is 5.09. The first-order valence-electron chi connectivity index (χ1n) is 5.78. The number of aromatic nitrogens is 2. The maximum atomic E-state index is 11.2. The normalized spacial score (nSPS) is 11.1. The minimum atomic E-state index is -0.920. The van der Waals surface area contributed by atoms with Gasteiger partial charge in [-0.25, -0.2) is 14.8 Å². The van der Waals surface area contributed by atoms with Gasteiger partial charge in [-0.1, -0.05) is 0 Å². The lowest BCUT2D eigenvalue weighted by Crippen LogP contribution is -1.94. The van der Waals surface area contributed by atoms with Crippen LogP contribution in [0.1, 0.15) is 20.8 Å². The second kappa shape index (κ2) is 5.26. The quantitative estimate of drug-likeness (QED) is 0.586. The van der Waals surface area contributed by atoms with Crippen LogP contribution < -0.4 is 0 Å². The van der Waals surface area contributed by atoms with E-state index in [2.05, 4.69) is 9.97 Å². The molecule has 0 spiro atoms. The number of carboxylic acid groups (broad SMARTS) is 1. The maximum Gasteiger partial charge on any atom is 0.346 e. The van der Waals surface area contributed by atoms with E-state index in [-0.39, 0.29) is 0 Å². The van der Waals surface area contributed by atoms with Crippen molar-refractivity contribution in [2.24, 2.45) is 0 Å². The van der Waals surface area contributed by atoms with E-state index in [0.29, 0.717) is 9.71 Å². The molecule has 0 amide bonds. The molecule has 0 atom stereocenters. The second-order valence-corrected chi connectivity index (χ2v) is 6.10. The first kappa shape index (κ1) is 13.1. The Bertz CT molecular complexity index is 765. The average molecular weight is 306 g/mol. The highest BCUT2D eigenvalue weighted by Crippen LogP contribution is 2.35. The number of nitrogens with zero attached hydrogens (tertiary/aromatic N) is 2. The molecular weight excluding hydrogens is 296 g/mol. The van der Waals surface area contributed by atoms with Crippen LogP contribution in [-0.2, 0) is 5.75 Å². The molecule has 3 aromatic heterocycles. The molecule has 1 N–H and O–H groups in total. The fraction of sp³-hybridized carbons (Fsp3) is 0.154. The third-order valence-electron chi connectivity index (χ3n) is 2.84. The number of thioether (sulfide) groups is 1. The van der Waals surface area contributed by atoms with Crippen LogP contribution >= 0.6 is 23.1 Å². The van der Waals surface area contributed by atoms with Gasteiger partial charge in [0.15, 0.2) is 0 Å². The summed E-state index contributed by atoms with van der Waals surface area (Å²) in [6, 6.07) is 1.90. The first-order chi connectivity index (χ1) is 9.66. The van der Waals surface area contributed by atoms with Crippen LogP contribution in [0.3, 0.4) is 0 Å². The summed E-state index contributed by atoms with van der Waals surface area (Å²) >= 11 is 2.74. The van der Waals surface area contributed by atoms with Crippen molar-refractivity contribution >= 4 is 39.3 Å². The predicted molar refractivity (Wildman–Crippen MR) is 77.4 cm³/mol. The number of hydrogen-bond donors (Lipinski definition) is 1. The van der Waals surface area contributed by atoms with Crippen molar-refractivity contribution in [2.75, 3.05) is 0 Å². The van der Waals surface area contributed by atoms with E-state index in [9.17, 15) is 9.90 Å². The van der Waals surface area contributed by atoms with Gasteiger partial charge in [-0.05, 0) is 18.6 Å². The number of aryl methyl sites for hydroxylation is 1. The summed E-state index contributed by atoms with van der Waals surface area (Å²) in [5.41, 5.74) is 1.79. The minimum absolute atomic E-state index is 0.325. The van der Waals surface area contributed by atoms with Gasteiger partial charge in [0.05, 0.1) is 12.5 Å². The highest BCUT2D eigenvalue weighted by molar-refractivity contribution is 7.98. The molecule has 102 valence electrons. The van der Waals surface area contributed by atoms with E-state index in [1.165, 1.54) is 17.7 Å². The van der Waals surface area contributed by atoms with Gasteiger partial charge >= 0.3 is 5.97 Å². The zero-order valence-corrected chi connectivity index (χ0v) is 12.1. The lowest BCUT2D eigenvalue weighted by atomic mass is 10.2. The summed E-state index contributed by atoms with van der Waals surface area (Å²) in [5, 5.41) is 10.8. The van der Waals surface area contributed by atoms with E-state index in [1.807, 2.05) is 6.07 Å². The first-order valence-corrected chi connectivity index (χ1v) is 7.58. The molecule has 0 aliphatic heterocycles. The standard InChI is InChI=1S/C13H10N2O3S2/c1-7-9-11(19-5-8-2-3-18-4-8)14-6-15-12(9)20-10(7)13(16)17/h2-4,6H,5H2,1H3,(H,16,17). The number of furan rings is 1. The van der Waals surface area contributed by atoms with Crippen LogP contribution in [0.4, 0.5) is 0 Å². The van der Waals surface area contributed by atoms with E-state index in [0.717, 1.165) is 27.3 Å². The topological polar surface area (TPSA) is 76.2 Å². The summed E-state index contributed by atoms with van der Waals surface area (Å²) < 4.78 is 5.03. The SMILES string of the molecule is Cc1c(C(=O)O)sc2ncnc(SCc3ccoc3)c12. The number of hydrogen-bond acceptors (Lipinski definition) is 6. The van der Waals surface area contributed by atoms with Gasteiger partial charge in [-0.15, -0.1) is 23.1 Å². The van der Waals surface area contributed by atoms with Crippen molar-refractivity contribution in [3.63, 3.8) is 0 Å². The molecule has 20 heavy (non-hydrogen) atoms. The van der Waals surface area contributed by atoms with Crippen LogP contribution in [-0.4, -0.2) is 21.0 Å². The maximum absolute atomic E-state index is 11.2. The van der Waals surface area contributed by atoms with E-state index < -0.39 is 5.97 Å². The summed E-state index contributed by atoms with van der Waals surface area (Å²) in [4.78, 5) is 20.7. The fourth-order valence-corrected chi connectivity index (χ4v) is 3.91. The Morgan fingerprint density at radius 3 is 3.05 bits per heavy atom. The molecule has 0 aromatic carbocycles. The molecule has 0 radical (unpaired) electrons. The molecular formula is C13H10N2O3S2. The van der Waals surface area contributed by atoms with E-state index in [1.54, 1.807) is 31.2 Å². The third kappa shape index (κ3) is 2.30. The molecule has 3 aromatic rings. The lowest BCUT2D eigenvalue weighted by Gasteiger charge is -2.01. The van der Waals surface area contributed by atoms with Crippen molar-refractivity contribution < 1.29 is 14.3 Å². The van der Waals surface area contributed by atoms with Crippen molar-refractivity contribution in [2.45, 2.75) is 17.7 Å². The molecule has 5 nitrogen and oxygen atoms in total. The largest absolute Gasteiger partial charge is 0.477 e. The van der Waals surface area contributed by atoms with Crippen LogP contribution in [0.25, 0.3) is 10.2 Å². The molecule has 0 aliphatic carbocycles. The number of thiophene rings is 1. The minimum Gasteiger partial charge on any atom is -0.477 e. The Morgan fingerprint density at radius 2 is 2.35 bits per heavy atom. The van der Waals surface area contributed by atoms with Gasteiger partial charge in [0.25, 0.3) is 0 Å². The number of aromatic carboxylic acids is 1. The van der Waals surface area contributed by atoms with Gasteiger partial charge in [-0.2, -0.15) is 0 Å². The van der Waals surface area contributed by atoms with Crippen molar-refractivity contribution in [1.82, 2.24) is 9.97 Å². The Hall–Kier alpha value is -1.86. The summed E-state index contributed by atoms with van der Waals surface area (Å²) in [5.74, 6) is -0.198. The number of fused-ring (bicyclic) bond motifs is 1. The van der Waals surface area contributed by atoms with E-state index >= 15 is 0 Å². The predicted octanol–water partition coefficient (Wildman–Crippen LogP) is 3.58.